The van der Waals surface area contributed by atoms with Crippen LogP contribution in [0.15, 0.2) is 12.4 Å². The number of hydrogen-bond acceptors (Lipinski definition) is 4. The average Bonchev–Trinajstić information content (AvgIpc) is 3.01. The van der Waals surface area contributed by atoms with Crippen molar-refractivity contribution in [2.45, 2.75) is 32.6 Å². The Bertz CT molecular complexity index is 485. The first kappa shape index (κ1) is 13.3. The first-order chi connectivity index (χ1) is 9.74. The highest BCUT2D eigenvalue weighted by Crippen LogP contribution is 2.22. The number of piperidine rings is 1. The van der Waals surface area contributed by atoms with Crippen molar-refractivity contribution in [3.8, 4) is 0 Å². The Morgan fingerprint density at radius 2 is 2.00 bits per heavy atom. The standard InChI is InChI=1S/C15H22N4O/c1-12-5-4-8-19(10-12)14-9-13(16-11-17-14)15(20)18-6-2-3-7-18/h9,11-12H,2-8,10H2,1H3. The molecule has 20 heavy (non-hydrogen) atoms. The Morgan fingerprint density at radius 1 is 1.20 bits per heavy atom. The molecule has 108 valence electrons. The van der Waals surface area contributed by atoms with Crippen LogP contribution in [0.3, 0.4) is 0 Å². The van der Waals surface area contributed by atoms with E-state index in [-0.39, 0.29) is 5.91 Å². The number of nitrogens with zero attached hydrogens (tertiary/aromatic N) is 4. The third-order valence-electron chi connectivity index (χ3n) is 4.25. The van der Waals surface area contributed by atoms with Crippen LogP contribution >= 0.6 is 0 Å². The minimum Gasteiger partial charge on any atom is -0.356 e. The number of carbonyl (C=O) groups is 1. The Labute approximate surface area is 120 Å². The number of aromatic nitrogens is 2. The van der Waals surface area contributed by atoms with E-state index in [0.717, 1.165) is 44.8 Å². The number of likely N-dealkylation sites (tertiary alicyclic amines) is 1. The quantitative estimate of drug-likeness (QED) is 0.827. The van der Waals surface area contributed by atoms with Gasteiger partial charge in [0.1, 0.15) is 17.8 Å². The zero-order chi connectivity index (χ0) is 13.9. The summed E-state index contributed by atoms with van der Waals surface area (Å²) in [6, 6.07) is 1.86. The molecular formula is C15H22N4O. The number of carbonyl (C=O) groups excluding carboxylic acids is 1. The summed E-state index contributed by atoms with van der Waals surface area (Å²) in [7, 11) is 0. The third kappa shape index (κ3) is 2.76. The lowest BCUT2D eigenvalue weighted by Gasteiger charge is -2.31. The molecule has 2 fully saturated rings. The van der Waals surface area contributed by atoms with Crippen molar-refractivity contribution in [1.29, 1.82) is 0 Å². The second kappa shape index (κ2) is 5.77. The molecule has 2 aliphatic rings. The summed E-state index contributed by atoms with van der Waals surface area (Å²) in [5.41, 5.74) is 0.537. The van der Waals surface area contributed by atoms with Gasteiger partial charge >= 0.3 is 0 Å². The van der Waals surface area contributed by atoms with Crippen LogP contribution in [0.4, 0.5) is 5.82 Å². The molecule has 1 atom stereocenters. The molecule has 3 heterocycles. The van der Waals surface area contributed by atoms with Gasteiger partial charge in [0.25, 0.3) is 5.91 Å². The third-order valence-corrected chi connectivity index (χ3v) is 4.25. The van der Waals surface area contributed by atoms with E-state index >= 15 is 0 Å². The molecule has 2 aliphatic heterocycles. The highest BCUT2D eigenvalue weighted by atomic mass is 16.2. The summed E-state index contributed by atoms with van der Waals surface area (Å²) in [5, 5.41) is 0. The number of amides is 1. The SMILES string of the molecule is CC1CCCN(c2cc(C(=O)N3CCCC3)ncn2)C1. The normalized spacial score (nSPS) is 23.1. The predicted octanol–water partition coefficient (Wildman–Crippen LogP) is 1.95. The van der Waals surface area contributed by atoms with Gasteiger partial charge in [0, 0.05) is 32.2 Å². The van der Waals surface area contributed by atoms with Crippen molar-refractivity contribution in [1.82, 2.24) is 14.9 Å². The maximum atomic E-state index is 12.4. The molecule has 1 unspecified atom stereocenters. The molecule has 0 radical (unpaired) electrons. The summed E-state index contributed by atoms with van der Waals surface area (Å²) in [5.74, 6) is 1.64. The lowest BCUT2D eigenvalue weighted by Crippen LogP contribution is -2.35. The molecule has 1 amide bonds. The van der Waals surface area contributed by atoms with Gasteiger partial charge in [0.15, 0.2) is 0 Å². The molecule has 5 heteroatoms. The molecule has 1 aromatic rings. The van der Waals surface area contributed by atoms with Crippen molar-refractivity contribution in [2.75, 3.05) is 31.1 Å². The van der Waals surface area contributed by atoms with Crippen LogP contribution in [0.2, 0.25) is 0 Å². The fourth-order valence-electron chi connectivity index (χ4n) is 3.12. The van der Waals surface area contributed by atoms with Gasteiger partial charge in [-0.15, -0.1) is 0 Å². The van der Waals surface area contributed by atoms with Crippen LogP contribution < -0.4 is 4.90 Å². The van der Waals surface area contributed by atoms with Crippen LogP contribution in [-0.4, -0.2) is 47.0 Å². The molecule has 0 N–H and O–H groups in total. The van der Waals surface area contributed by atoms with E-state index in [1.165, 1.54) is 19.2 Å². The zero-order valence-corrected chi connectivity index (χ0v) is 12.1. The van der Waals surface area contributed by atoms with Crippen LogP contribution in [0.1, 0.15) is 43.1 Å². The van der Waals surface area contributed by atoms with Gasteiger partial charge in [-0.1, -0.05) is 6.92 Å². The number of rotatable bonds is 2. The van der Waals surface area contributed by atoms with Crippen molar-refractivity contribution in [3.63, 3.8) is 0 Å². The summed E-state index contributed by atoms with van der Waals surface area (Å²) < 4.78 is 0. The van der Waals surface area contributed by atoms with Crippen LogP contribution in [-0.2, 0) is 0 Å². The van der Waals surface area contributed by atoms with Gasteiger partial charge in [-0.05, 0) is 31.6 Å². The van der Waals surface area contributed by atoms with Crippen molar-refractivity contribution in [2.24, 2.45) is 5.92 Å². The smallest absolute Gasteiger partial charge is 0.272 e. The van der Waals surface area contributed by atoms with Gasteiger partial charge in [0.2, 0.25) is 0 Å². The molecule has 0 aliphatic carbocycles. The van der Waals surface area contributed by atoms with Crippen LogP contribution in [0, 0.1) is 5.92 Å². The van der Waals surface area contributed by atoms with Gasteiger partial charge < -0.3 is 9.80 Å². The number of hydrogen-bond donors (Lipinski definition) is 0. The second-order valence-electron chi connectivity index (χ2n) is 5.95. The highest BCUT2D eigenvalue weighted by molar-refractivity contribution is 5.93. The van der Waals surface area contributed by atoms with E-state index in [0.29, 0.717) is 11.6 Å². The Hall–Kier alpha value is -1.65. The maximum absolute atomic E-state index is 12.4. The Kier molecular flexibility index (Phi) is 3.85. The summed E-state index contributed by atoms with van der Waals surface area (Å²) in [6.45, 7) is 6.04. The topological polar surface area (TPSA) is 49.3 Å². The van der Waals surface area contributed by atoms with Crippen molar-refractivity contribution in [3.05, 3.63) is 18.1 Å². The van der Waals surface area contributed by atoms with Gasteiger partial charge in [-0.2, -0.15) is 0 Å². The van der Waals surface area contributed by atoms with Crippen molar-refractivity contribution < 1.29 is 4.79 Å². The monoisotopic (exact) mass is 274 g/mol. The fourth-order valence-corrected chi connectivity index (χ4v) is 3.12. The lowest BCUT2D eigenvalue weighted by molar-refractivity contribution is 0.0787. The van der Waals surface area contributed by atoms with Gasteiger partial charge in [0.05, 0.1) is 0 Å². The number of anilines is 1. The van der Waals surface area contributed by atoms with Gasteiger partial charge in [-0.25, -0.2) is 9.97 Å². The highest BCUT2D eigenvalue weighted by Gasteiger charge is 2.23. The van der Waals surface area contributed by atoms with Crippen molar-refractivity contribution >= 4 is 11.7 Å². The maximum Gasteiger partial charge on any atom is 0.272 e. The van der Waals surface area contributed by atoms with Gasteiger partial charge in [-0.3, -0.25) is 4.79 Å². The van der Waals surface area contributed by atoms with E-state index in [1.54, 1.807) is 0 Å². The van der Waals surface area contributed by atoms with E-state index in [2.05, 4.69) is 21.8 Å². The summed E-state index contributed by atoms with van der Waals surface area (Å²) in [4.78, 5) is 25.1. The molecule has 0 saturated carbocycles. The van der Waals surface area contributed by atoms with E-state index in [4.69, 9.17) is 0 Å². The molecule has 0 aromatic carbocycles. The minimum absolute atomic E-state index is 0.0520. The largest absolute Gasteiger partial charge is 0.356 e. The first-order valence-corrected chi connectivity index (χ1v) is 7.60. The molecule has 5 nitrogen and oxygen atoms in total. The van der Waals surface area contributed by atoms with E-state index < -0.39 is 0 Å². The fraction of sp³-hybridized carbons (Fsp3) is 0.667. The second-order valence-corrected chi connectivity index (χ2v) is 5.95. The Morgan fingerprint density at radius 3 is 2.75 bits per heavy atom. The van der Waals surface area contributed by atoms with E-state index in [1.807, 2.05) is 11.0 Å². The summed E-state index contributed by atoms with van der Waals surface area (Å²) in [6.07, 6.45) is 6.21. The minimum atomic E-state index is 0.0520. The molecular weight excluding hydrogens is 252 g/mol. The first-order valence-electron chi connectivity index (χ1n) is 7.60. The van der Waals surface area contributed by atoms with Crippen LogP contribution in [0.25, 0.3) is 0 Å². The van der Waals surface area contributed by atoms with E-state index in [9.17, 15) is 4.79 Å². The molecule has 1 aromatic heterocycles. The molecule has 0 spiro atoms. The molecule has 0 bridgehead atoms. The zero-order valence-electron chi connectivity index (χ0n) is 12.1. The van der Waals surface area contributed by atoms with Crippen LogP contribution in [0.5, 0.6) is 0 Å². The molecule has 2 saturated heterocycles. The summed E-state index contributed by atoms with van der Waals surface area (Å²) >= 11 is 0. The molecule has 3 rings (SSSR count). The average molecular weight is 274 g/mol. The predicted molar refractivity (Wildman–Crippen MR) is 77.8 cm³/mol. The lowest BCUT2D eigenvalue weighted by atomic mass is 10.0. The Balaban J connectivity index is 1.76.